The average molecular weight is 425 g/mol. The summed E-state index contributed by atoms with van der Waals surface area (Å²) >= 11 is 1.12. The smallest absolute Gasteiger partial charge is 0.321 e. The lowest BCUT2D eigenvalue weighted by Crippen LogP contribution is -2.40. The van der Waals surface area contributed by atoms with E-state index >= 15 is 0 Å². The molecule has 2 N–H and O–H groups in total. The van der Waals surface area contributed by atoms with Crippen molar-refractivity contribution in [3.05, 3.63) is 63.9 Å². The molecule has 3 amide bonds. The van der Waals surface area contributed by atoms with Gasteiger partial charge in [0, 0.05) is 6.54 Å². The molecule has 3 aromatic rings. The number of benzene rings is 2. The summed E-state index contributed by atoms with van der Waals surface area (Å²) < 4.78 is 1.53. The summed E-state index contributed by atoms with van der Waals surface area (Å²) in [5.74, 6) is -0.502. The van der Waals surface area contributed by atoms with Crippen LogP contribution in [0.25, 0.3) is 16.6 Å². The van der Waals surface area contributed by atoms with Crippen LogP contribution in [-0.4, -0.2) is 33.8 Å². The zero-order valence-electron chi connectivity index (χ0n) is 17.2. The summed E-state index contributed by atoms with van der Waals surface area (Å²) in [7, 11) is 0. The largest absolute Gasteiger partial charge is 0.338 e. The molecule has 0 spiro atoms. The highest BCUT2D eigenvalue weighted by Gasteiger charge is 2.16. The van der Waals surface area contributed by atoms with Crippen LogP contribution in [0.1, 0.15) is 24.5 Å². The number of hydrogen-bond acceptors (Lipinski definition) is 5. The number of amides is 3. The molecule has 0 atom stereocenters. The van der Waals surface area contributed by atoms with Gasteiger partial charge >= 0.3 is 6.03 Å². The van der Waals surface area contributed by atoms with Crippen LogP contribution in [0.4, 0.5) is 4.79 Å². The Bertz CT molecular complexity index is 1140. The number of para-hydroxylation sites is 1. The van der Waals surface area contributed by atoms with E-state index in [1.54, 1.807) is 18.2 Å². The molecule has 0 unspecified atom stereocenters. The van der Waals surface area contributed by atoms with E-state index in [2.05, 4.69) is 15.6 Å². The van der Waals surface area contributed by atoms with Gasteiger partial charge in [0.25, 0.3) is 5.56 Å². The average Bonchev–Trinajstić information content (AvgIpc) is 2.70. The number of nitrogens with one attached hydrogen (secondary N) is 2. The summed E-state index contributed by atoms with van der Waals surface area (Å²) in [5.41, 5.74) is 3.10. The number of nitrogens with zero attached hydrogens (tertiary/aromatic N) is 2. The lowest BCUT2D eigenvalue weighted by atomic mass is 10.1. The Kier molecular flexibility index (Phi) is 6.89. The maximum Gasteiger partial charge on any atom is 0.321 e. The minimum Gasteiger partial charge on any atom is -0.338 e. The van der Waals surface area contributed by atoms with Crippen molar-refractivity contribution in [2.24, 2.45) is 0 Å². The van der Waals surface area contributed by atoms with Gasteiger partial charge in [0.1, 0.15) is 0 Å². The third kappa shape index (κ3) is 5.07. The van der Waals surface area contributed by atoms with E-state index < -0.39 is 11.9 Å². The Morgan fingerprint density at radius 2 is 1.80 bits per heavy atom. The lowest BCUT2D eigenvalue weighted by molar-refractivity contribution is -0.117. The van der Waals surface area contributed by atoms with Gasteiger partial charge in [0.15, 0.2) is 5.16 Å². The Balaban J connectivity index is 1.96. The van der Waals surface area contributed by atoms with E-state index in [9.17, 15) is 14.4 Å². The van der Waals surface area contributed by atoms with Crippen molar-refractivity contribution in [1.82, 2.24) is 20.2 Å². The molecule has 1 aromatic heterocycles. The van der Waals surface area contributed by atoms with Gasteiger partial charge in [-0.25, -0.2) is 9.78 Å². The SMILES string of the molecule is CCCNC(=O)NC(=O)CSc1nc2ccccc2c(=O)n1-c1cc(C)cc(C)c1. The summed E-state index contributed by atoms with van der Waals surface area (Å²) in [6.45, 7) is 6.34. The van der Waals surface area contributed by atoms with Gasteiger partial charge in [-0.1, -0.05) is 36.9 Å². The zero-order valence-corrected chi connectivity index (χ0v) is 18.0. The number of fused-ring (bicyclic) bond motifs is 1. The number of carbonyl (C=O) groups excluding carboxylic acids is 2. The lowest BCUT2D eigenvalue weighted by Gasteiger charge is -2.14. The number of hydrogen-bond donors (Lipinski definition) is 2. The van der Waals surface area contributed by atoms with E-state index in [1.807, 2.05) is 45.0 Å². The van der Waals surface area contributed by atoms with Crippen molar-refractivity contribution in [3.63, 3.8) is 0 Å². The second kappa shape index (κ2) is 9.58. The molecule has 0 aliphatic carbocycles. The van der Waals surface area contributed by atoms with E-state index in [0.29, 0.717) is 28.3 Å². The molecule has 0 bridgehead atoms. The van der Waals surface area contributed by atoms with Crippen molar-refractivity contribution in [2.45, 2.75) is 32.3 Å². The molecule has 2 aromatic carbocycles. The molecule has 7 nitrogen and oxygen atoms in total. The minimum atomic E-state index is -0.527. The fourth-order valence-corrected chi connectivity index (χ4v) is 3.90. The Morgan fingerprint density at radius 3 is 2.50 bits per heavy atom. The van der Waals surface area contributed by atoms with E-state index in [4.69, 9.17) is 0 Å². The van der Waals surface area contributed by atoms with Gasteiger partial charge in [-0.15, -0.1) is 0 Å². The molecule has 0 saturated heterocycles. The van der Waals surface area contributed by atoms with E-state index in [-0.39, 0.29) is 11.3 Å². The van der Waals surface area contributed by atoms with Gasteiger partial charge in [-0.3, -0.25) is 19.5 Å². The van der Waals surface area contributed by atoms with Gasteiger partial charge < -0.3 is 5.32 Å². The van der Waals surface area contributed by atoms with Crippen molar-refractivity contribution in [3.8, 4) is 5.69 Å². The second-order valence-electron chi connectivity index (χ2n) is 6.99. The fraction of sp³-hybridized carbons (Fsp3) is 0.273. The first kappa shape index (κ1) is 21.6. The maximum atomic E-state index is 13.3. The third-order valence-electron chi connectivity index (χ3n) is 4.33. The van der Waals surface area contributed by atoms with Crippen LogP contribution in [0, 0.1) is 13.8 Å². The molecular weight excluding hydrogens is 400 g/mol. The van der Waals surface area contributed by atoms with Gasteiger partial charge in [-0.05, 0) is 55.7 Å². The zero-order chi connectivity index (χ0) is 21.7. The summed E-state index contributed by atoms with van der Waals surface area (Å²) in [6, 6.07) is 12.4. The van der Waals surface area contributed by atoms with Crippen molar-refractivity contribution in [1.29, 1.82) is 0 Å². The maximum absolute atomic E-state index is 13.3. The van der Waals surface area contributed by atoms with Crippen LogP contribution < -0.4 is 16.2 Å². The molecule has 30 heavy (non-hydrogen) atoms. The van der Waals surface area contributed by atoms with Crippen LogP contribution in [0.3, 0.4) is 0 Å². The first-order chi connectivity index (χ1) is 14.4. The number of thioether (sulfide) groups is 1. The van der Waals surface area contributed by atoms with Crippen LogP contribution in [-0.2, 0) is 4.79 Å². The van der Waals surface area contributed by atoms with Crippen LogP contribution in [0.2, 0.25) is 0 Å². The topological polar surface area (TPSA) is 93.1 Å². The monoisotopic (exact) mass is 424 g/mol. The number of carbonyl (C=O) groups is 2. The Labute approximate surface area is 178 Å². The van der Waals surface area contributed by atoms with Crippen molar-refractivity contribution in [2.75, 3.05) is 12.3 Å². The van der Waals surface area contributed by atoms with Crippen molar-refractivity contribution >= 4 is 34.6 Å². The number of imide groups is 1. The third-order valence-corrected chi connectivity index (χ3v) is 5.27. The molecule has 0 aliphatic rings. The Morgan fingerprint density at radius 1 is 1.10 bits per heavy atom. The van der Waals surface area contributed by atoms with Gasteiger partial charge in [0.05, 0.1) is 22.3 Å². The van der Waals surface area contributed by atoms with E-state index in [1.165, 1.54) is 4.57 Å². The first-order valence-corrected chi connectivity index (χ1v) is 10.7. The normalized spacial score (nSPS) is 10.8. The van der Waals surface area contributed by atoms with E-state index in [0.717, 1.165) is 29.3 Å². The van der Waals surface area contributed by atoms with Crippen LogP contribution >= 0.6 is 11.8 Å². The highest BCUT2D eigenvalue weighted by Crippen LogP contribution is 2.22. The molecule has 8 heteroatoms. The highest BCUT2D eigenvalue weighted by molar-refractivity contribution is 7.99. The Hall–Kier alpha value is -3.13. The molecule has 156 valence electrons. The van der Waals surface area contributed by atoms with Gasteiger partial charge in [-0.2, -0.15) is 0 Å². The predicted octanol–water partition coefficient (Wildman–Crippen LogP) is 3.33. The number of aryl methyl sites for hydroxylation is 2. The van der Waals surface area contributed by atoms with Gasteiger partial charge in [0.2, 0.25) is 5.91 Å². The quantitative estimate of drug-likeness (QED) is 0.468. The molecular formula is C22H24N4O3S. The number of aromatic nitrogens is 2. The molecule has 0 saturated carbocycles. The summed E-state index contributed by atoms with van der Waals surface area (Å²) in [5, 5.41) is 5.78. The molecule has 3 rings (SSSR count). The summed E-state index contributed by atoms with van der Waals surface area (Å²) in [4.78, 5) is 41.8. The first-order valence-electron chi connectivity index (χ1n) is 9.70. The van der Waals surface area contributed by atoms with Crippen LogP contribution in [0.15, 0.2) is 52.4 Å². The second-order valence-corrected chi connectivity index (χ2v) is 7.93. The summed E-state index contributed by atoms with van der Waals surface area (Å²) in [6.07, 6.45) is 0.777. The molecule has 0 aliphatic heterocycles. The minimum absolute atomic E-state index is 0.0465. The molecule has 1 heterocycles. The molecule has 0 radical (unpaired) electrons. The fourth-order valence-electron chi connectivity index (χ4n) is 3.09. The molecule has 0 fully saturated rings. The number of rotatable bonds is 6. The predicted molar refractivity (Wildman–Crippen MR) is 119 cm³/mol. The van der Waals surface area contributed by atoms with Crippen molar-refractivity contribution < 1.29 is 9.59 Å². The highest BCUT2D eigenvalue weighted by atomic mass is 32.2. The number of urea groups is 1. The van der Waals surface area contributed by atoms with Crippen LogP contribution in [0.5, 0.6) is 0 Å². The standard InChI is InChI=1S/C22H24N4O3S/c1-4-9-23-21(29)25-19(27)13-30-22-24-18-8-6-5-7-17(18)20(28)26(22)16-11-14(2)10-15(3)12-16/h5-8,10-12H,4,9,13H2,1-3H3,(H2,23,25,27,29).